The Bertz CT molecular complexity index is 1030. The summed E-state index contributed by atoms with van der Waals surface area (Å²) in [6.45, 7) is 1.35. The molecule has 0 saturated heterocycles. The Morgan fingerprint density at radius 3 is 2.73 bits per heavy atom. The van der Waals surface area contributed by atoms with Crippen molar-refractivity contribution in [3.8, 4) is 0 Å². The van der Waals surface area contributed by atoms with Crippen molar-refractivity contribution in [2.24, 2.45) is 5.73 Å². The van der Waals surface area contributed by atoms with Gasteiger partial charge in [-0.25, -0.2) is 8.78 Å². The van der Waals surface area contributed by atoms with Crippen LogP contribution in [0, 0.1) is 11.6 Å². The molecule has 1 aromatic heterocycles. The quantitative estimate of drug-likeness (QED) is 0.524. The topological polar surface area (TPSA) is 83.2 Å². The van der Waals surface area contributed by atoms with Crippen LogP contribution in [0.3, 0.4) is 0 Å². The number of aliphatic hydroxyl groups excluding tert-OH is 1. The van der Waals surface area contributed by atoms with Gasteiger partial charge in [-0.2, -0.15) is 0 Å². The molecule has 0 fully saturated rings. The summed E-state index contributed by atoms with van der Waals surface area (Å²) in [6, 6.07) is 7.32. The maximum Gasteiger partial charge on any atom is 0.159 e. The number of nitrogens with one attached hydrogen (secondary N) is 2. The van der Waals surface area contributed by atoms with Gasteiger partial charge in [0.2, 0.25) is 0 Å². The molecule has 0 amide bonds. The number of rotatable bonds is 7. The van der Waals surface area contributed by atoms with Crippen molar-refractivity contribution in [1.29, 1.82) is 0 Å². The normalized spacial score (nSPS) is 16.0. The monoisotopic (exact) mass is 410 g/mol. The number of benzene rings is 1. The first kappa shape index (κ1) is 21.3. The Balaban J connectivity index is 2.04. The highest BCUT2D eigenvalue weighted by Crippen LogP contribution is 2.30. The maximum atomic E-state index is 13.7. The molecule has 5 nitrogen and oxygen atoms in total. The van der Waals surface area contributed by atoms with E-state index in [-0.39, 0.29) is 12.2 Å². The zero-order valence-corrected chi connectivity index (χ0v) is 16.6. The van der Waals surface area contributed by atoms with Crippen molar-refractivity contribution in [3.05, 3.63) is 101 Å². The Kier molecular flexibility index (Phi) is 6.98. The number of halogens is 2. The van der Waals surface area contributed by atoms with Gasteiger partial charge in [-0.1, -0.05) is 6.07 Å². The Hall–Kier alpha value is -3.45. The first-order chi connectivity index (χ1) is 14.5. The fraction of sp³-hybridized carbons (Fsp3) is 0.174. The van der Waals surface area contributed by atoms with Gasteiger partial charge in [0, 0.05) is 48.9 Å². The number of aromatic nitrogens is 1. The number of nitrogens with two attached hydrogens (primary N) is 1. The van der Waals surface area contributed by atoms with Crippen molar-refractivity contribution in [1.82, 2.24) is 15.6 Å². The van der Waals surface area contributed by atoms with Crippen molar-refractivity contribution < 1.29 is 13.9 Å². The van der Waals surface area contributed by atoms with Gasteiger partial charge < -0.3 is 21.5 Å². The van der Waals surface area contributed by atoms with Gasteiger partial charge in [-0.15, -0.1) is 0 Å². The largest absolute Gasteiger partial charge is 0.512 e. The van der Waals surface area contributed by atoms with Crippen LogP contribution in [0.2, 0.25) is 0 Å². The van der Waals surface area contributed by atoms with Gasteiger partial charge in [0.1, 0.15) is 0 Å². The van der Waals surface area contributed by atoms with Gasteiger partial charge in [-0.05, 0) is 66.3 Å². The summed E-state index contributed by atoms with van der Waals surface area (Å²) >= 11 is 0. The van der Waals surface area contributed by atoms with Crippen molar-refractivity contribution >= 4 is 11.3 Å². The molecular weight excluding hydrogens is 386 g/mol. The van der Waals surface area contributed by atoms with E-state index in [2.05, 4.69) is 15.6 Å². The lowest BCUT2D eigenvalue weighted by molar-refractivity contribution is 0.398. The van der Waals surface area contributed by atoms with Crippen LogP contribution >= 0.6 is 0 Å². The first-order valence-electron chi connectivity index (χ1n) is 9.53. The zero-order valence-electron chi connectivity index (χ0n) is 16.6. The lowest BCUT2D eigenvalue weighted by atomic mass is 9.93. The van der Waals surface area contributed by atoms with Crippen LogP contribution in [0.5, 0.6) is 0 Å². The van der Waals surface area contributed by atoms with Crippen LogP contribution in [0.25, 0.3) is 11.3 Å². The second kappa shape index (κ2) is 9.84. The Labute approximate surface area is 174 Å². The van der Waals surface area contributed by atoms with Crippen LogP contribution in [-0.4, -0.2) is 30.2 Å². The highest BCUT2D eigenvalue weighted by atomic mass is 19.2. The molecule has 0 saturated carbocycles. The molecule has 156 valence electrons. The average molecular weight is 410 g/mol. The summed E-state index contributed by atoms with van der Waals surface area (Å²) in [7, 11) is 1.85. The summed E-state index contributed by atoms with van der Waals surface area (Å²) in [4.78, 5) is 4.09. The molecule has 1 aromatic carbocycles. The summed E-state index contributed by atoms with van der Waals surface area (Å²) in [5.74, 6) is -1.74. The van der Waals surface area contributed by atoms with E-state index in [9.17, 15) is 13.9 Å². The highest BCUT2D eigenvalue weighted by Gasteiger charge is 2.15. The van der Waals surface area contributed by atoms with E-state index in [0.717, 1.165) is 35.5 Å². The molecule has 2 aromatic rings. The van der Waals surface area contributed by atoms with Crippen LogP contribution in [0.4, 0.5) is 8.78 Å². The van der Waals surface area contributed by atoms with E-state index in [1.54, 1.807) is 30.6 Å². The molecular formula is C23H24F2N4O. The van der Waals surface area contributed by atoms with E-state index in [0.29, 0.717) is 23.4 Å². The van der Waals surface area contributed by atoms with Crippen LogP contribution in [-0.2, 0) is 0 Å². The minimum Gasteiger partial charge on any atom is -0.512 e. The second-order valence-electron chi connectivity index (χ2n) is 6.85. The summed E-state index contributed by atoms with van der Waals surface area (Å²) < 4.78 is 27.0. The van der Waals surface area contributed by atoms with Gasteiger partial charge in [0.15, 0.2) is 11.6 Å². The SMILES string of the molecule is CNCCNC(/C=C(\N)c1cccnc1)=C1\C=C(c2ccc(F)c(F)c2)C=C(O)C1. The minimum absolute atomic E-state index is 0.119. The third kappa shape index (κ3) is 5.33. The maximum absolute atomic E-state index is 13.7. The molecule has 30 heavy (non-hydrogen) atoms. The van der Waals surface area contributed by atoms with Gasteiger partial charge in [0.05, 0.1) is 5.76 Å². The van der Waals surface area contributed by atoms with E-state index in [4.69, 9.17) is 5.73 Å². The lowest BCUT2D eigenvalue weighted by Gasteiger charge is -2.18. The highest BCUT2D eigenvalue weighted by molar-refractivity contribution is 5.79. The number of hydrogen-bond donors (Lipinski definition) is 4. The molecule has 1 aliphatic carbocycles. The van der Waals surface area contributed by atoms with E-state index in [1.165, 1.54) is 6.07 Å². The van der Waals surface area contributed by atoms with Crippen LogP contribution in [0.15, 0.2) is 78.0 Å². The number of likely N-dealkylation sites (N-methyl/N-ethyl adjacent to an activating group) is 1. The molecule has 1 aliphatic rings. The molecule has 3 rings (SSSR count). The average Bonchev–Trinajstić information content (AvgIpc) is 2.75. The molecule has 5 N–H and O–H groups in total. The van der Waals surface area contributed by atoms with Gasteiger partial charge in [0.25, 0.3) is 0 Å². The van der Waals surface area contributed by atoms with Crippen molar-refractivity contribution in [2.75, 3.05) is 20.1 Å². The molecule has 7 heteroatoms. The zero-order chi connectivity index (χ0) is 21.5. The summed E-state index contributed by atoms with van der Waals surface area (Å²) in [6.07, 6.45) is 8.80. The first-order valence-corrected chi connectivity index (χ1v) is 9.53. The van der Waals surface area contributed by atoms with Gasteiger partial charge in [-0.3, -0.25) is 4.98 Å². The van der Waals surface area contributed by atoms with E-state index >= 15 is 0 Å². The molecule has 0 unspecified atom stereocenters. The molecule has 0 atom stereocenters. The predicted molar refractivity (Wildman–Crippen MR) is 115 cm³/mol. The number of pyridine rings is 1. The van der Waals surface area contributed by atoms with Gasteiger partial charge >= 0.3 is 0 Å². The fourth-order valence-electron chi connectivity index (χ4n) is 3.07. The fourth-order valence-corrected chi connectivity index (χ4v) is 3.07. The predicted octanol–water partition coefficient (Wildman–Crippen LogP) is 3.65. The molecule has 0 radical (unpaired) electrons. The molecule has 1 heterocycles. The second-order valence-corrected chi connectivity index (χ2v) is 6.85. The number of hydrogen-bond acceptors (Lipinski definition) is 5. The Morgan fingerprint density at radius 1 is 1.20 bits per heavy atom. The van der Waals surface area contributed by atoms with Crippen molar-refractivity contribution in [3.63, 3.8) is 0 Å². The lowest BCUT2D eigenvalue weighted by Crippen LogP contribution is -2.25. The molecule has 0 aliphatic heterocycles. The van der Waals surface area contributed by atoms with Crippen LogP contribution < -0.4 is 16.4 Å². The molecule has 0 spiro atoms. The number of aliphatic hydroxyl groups is 1. The third-order valence-corrected chi connectivity index (χ3v) is 4.61. The van der Waals surface area contributed by atoms with E-state index in [1.807, 2.05) is 19.2 Å². The number of nitrogens with zero attached hydrogens (tertiary/aromatic N) is 1. The van der Waals surface area contributed by atoms with Crippen LogP contribution in [0.1, 0.15) is 17.5 Å². The Morgan fingerprint density at radius 2 is 2.03 bits per heavy atom. The minimum atomic E-state index is -0.939. The smallest absolute Gasteiger partial charge is 0.159 e. The molecule has 0 bridgehead atoms. The van der Waals surface area contributed by atoms with E-state index < -0.39 is 11.6 Å². The third-order valence-electron chi connectivity index (χ3n) is 4.61. The standard InChI is InChI=1S/C23H24F2N4O/c1-27-7-8-29-23(13-22(26)16-3-2-6-28-14-16)18-9-17(10-19(30)11-18)15-4-5-20(24)21(25)12-15/h2-6,9-10,12-14,27,29-30H,7-8,11,26H2,1H3/b22-13-,23-18+. The summed E-state index contributed by atoms with van der Waals surface area (Å²) in [5, 5.41) is 16.7. The van der Waals surface area contributed by atoms with Crippen molar-refractivity contribution in [2.45, 2.75) is 6.42 Å². The number of allylic oxidation sites excluding steroid dienone is 5. The summed E-state index contributed by atoms with van der Waals surface area (Å²) in [5.41, 5.74) is 10.1.